The summed E-state index contributed by atoms with van der Waals surface area (Å²) < 4.78 is 11.3. The van der Waals surface area contributed by atoms with Crippen molar-refractivity contribution in [3.05, 3.63) is 64.7 Å². The van der Waals surface area contributed by atoms with Gasteiger partial charge in [0.25, 0.3) is 0 Å². The average Bonchev–Trinajstić information content (AvgIpc) is 3.53. The Kier molecular flexibility index (Phi) is 9.73. The quantitative estimate of drug-likeness (QED) is 0.299. The molecule has 29 heavy (non-hydrogen) atoms. The standard InChI is InChI=1S/C23H31N3O2.HI/c1-17-7-10-21(22(11-17)28-16-18-8-9-18)14-26-23(24-2)25-13-19-5-4-6-20(12-19)15-27-3;/h4-7,10-12,18H,8-9,13-16H2,1-3H3,(H2,24,25,26);1H. The maximum absolute atomic E-state index is 6.06. The monoisotopic (exact) mass is 509 g/mol. The van der Waals surface area contributed by atoms with Gasteiger partial charge >= 0.3 is 0 Å². The van der Waals surface area contributed by atoms with Crippen LogP contribution in [0.3, 0.4) is 0 Å². The van der Waals surface area contributed by atoms with Gasteiger partial charge in [0.05, 0.1) is 13.2 Å². The zero-order chi connectivity index (χ0) is 19.8. The van der Waals surface area contributed by atoms with Crippen molar-refractivity contribution in [1.82, 2.24) is 10.6 Å². The molecule has 2 aromatic carbocycles. The van der Waals surface area contributed by atoms with Crippen LogP contribution in [0.25, 0.3) is 0 Å². The van der Waals surface area contributed by atoms with E-state index in [2.05, 4.69) is 65.0 Å². The number of ether oxygens (including phenoxy) is 2. The van der Waals surface area contributed by atoms with Crippen LogP contribution in [0.2, 0.25) is 0 Å². The Morgan fingerprint density at radius 3 is 2.55 bits per heavy atom. The highest BCUT2D eigenvalue weighted by atomic mass is 127. The Hall–Kier alpha value is -1.80. The number of methoxy groups -OCH3 is 1. The molecule has 158 valence electrons. The number of hydrogen-bond acceptors (Lipinski definition) is 3. The van der Waals surface area contributed by atoms with Crippen molar-refractivity contribution >= 4 is 29.9 Å². The first-order chi connectivity index (χ1) is 13.7. The molecule has 5 nitrogen and oxygen atoms in total. The summed E-state index contributed by atoms with van der Waals surface area (Å²) in [4.78, 5) is 4.34. The maximum atomic E-state index is 6.06. The molecule has 1 saturated carbocycles. The second-order valence-electron chi connectivity index (χ2n) is 7.40. The summed E-state index contributed by atoms with van der Waals surface area (Å²) in [6.07, 6.45) is 2.59. The van der Waals surface area contributed by atoms with Crippen LogP contribution >= 0.6 is 24.0 Å². The molecule has 0 aliphatic heterocycles. The number of halogens is 1. The molecule has 0 saturated heterocycles. The van der Waals surface area contributed by atoms with Crippen molar-refractivity contribution in [3.8, 4) is 5.75 Å². The van der Waals surface area contributed by atoms with Gasteiger partial charge in [0.1, 0.15) is 5.75 Å². The molecule has 0 aromatic heterocycles. The van der Waals surface area contributed by atoms with Crippen molar-refractivity contribution < 1.29 is 9.47 Å². The Labute approximate surface area is 191 Å². The SMILES string of the molecule is CN=C(NCc1cccc(COC)c1)NCc1ccc(C)cc1OCC1CC1.I. The van der Waals surface area contributed by atoms with E-state index in [9.17, 15) is 0 Å². The van der Waals surface area contributed by atoms with Crippen molar-refractivity contribution in [2.24, 2.45) is 10.9 Å². The molecule has 1 aliphatic rings. The Morgan fingerprint density at radius 2 is 1.83 bits per heavy atom. The second-order valence-corrected chi connectivity index (χ2v) is 7.40. The number of benzene rings is 2. The average molecular weight is 509 g/mol. The number of aryl methyl sites for hydroxylation is 1. The first-order valence-electron chi connectivity index (χ1n) is 9.91. The van der Waals surface area contributed by atoms with E-state index in [1.54, 1.807) is 14.2 Å². The smallest absolute Gasteiger partial charge is 0.191 e. The highest BCUT2D eigenvalue weighted by Crippen LogP contribution is 2.30. The lowest BCUT2D eigenvalue weighted by Gasteiger charge is -2.16. The molecule has 0 spiro atoms. The minimum Gasteiger partial charge on any atom is -0.493 e. The Bertz CT molecular complexity index is 806. The molecule has 1 fully saturated rings. The third kappa shape index (κ3) is 7.85. The van der Waals surface area contributed by atoms with Crippen LogP contribution in [0.15, 0.2) is 47.5 Å². The summed E-state index contributed by atoms with van der Waals surface area (Å²) in [5.74, 6) is 2.48. The van der Waals surface area contributed by atoms with Crippen LogP contribution in [0.5, 0.6) is 5.75 Å². The number of nitrogens with one attached hydrogen (secondary N) is 2. The van der Waals surface area contributed by atoms with E-state index in [0.29, 0.717) is 19.7 Å². The van der Waals surface area contributed by atoms with Crippen LogP contribution < -0.4 is 15.4 Å². The molecule has 0 radical (unpaired) electrons. The third-order valence-corrected chi connectivity index (χ3v) is 4.83. The summed E-state index contributed by atoms with van der Waals surface area (Å²) in [5.41, 5.74) is 4.73. The highest BCUT2D eigenvalue weighted by molar-refractivity contribution is 14.0. The minimum absolute atomic E-state index is 0. The topological polar surface area (TPSA) is 54.9 Å². The Balaban J connectivity index is 0.00000300. The summed E-state index contributed by atoms with van der Waals surface area (Å²) in [6, 6.07) is 14.7. The van der Waals surface area contributed by atoms with Crippen molar-refractivity contribution in [1.29, 1.82) is 0 Å². The van der Waals surface area contributed by atoms with Gasteiger partial charge < -0.3 is 20.1 Å². The van der Waals surface area contributed by atoms with Gasteiger partial charge in [-0.15, -0.1) is 24.0 Å². The molecular formula is C23H32IN3O2. The summed E-state index contributed by atoms with van der Waals surface area (Å²) in [5, 5.41) is 6.77. The number of rotatable bonds is 9. The normalized spacial score (nSPS) is 13.6. The minimum atomic E-state index is 0. The largest absolute Gasteiger partial charge is 0.493 e. The molecule has 1 aliphatic carbocycles. The van der Waals surface area contributed by atoms with Gasteiger partial charge in [-0.2, -0.15) is 0 Å². The van der Waals surface area contributed by atoms with Gasteiger partial charge in [-0.25, -0.2) is 0 Å². The molecule has 0 bridgehead atoms. The molecule has 0 amide bonds. The molecule has 3 rings (SSSR count). The van der Waals surface area contributed by atoms with Crippen molar-refractivity contribution in [2.45, 2.75) is 39.5 Å². The van der Waals surface area contributed by atoms with E-state index in [-0.39, 0.29) is 24.0 Å². The summed E-state index contributed by atoms with van der Waals surface area (Å²) in [6.45, 7) is 4.92. The van der Waals surface area contributed by atoms with Gasteiger partial charge in [-0.3, -0.25) is 4.99 Å². The van der Waals surface area contributed by atoms with Crippen LogP contribution in [-0.2, 0) is 24.4 Å². The number of nitrogens with zero attached hydrogens (tertiary/aromatic N) is 1. The number of hydrogen-bond donors (Lipinski definition) is 2. The molecular weight excluding hydrogens is 477 g/mol. The molecule has 6 heteroatoms. The van der Waals surface area contributed by atoms with Gasteiger partial charge in [0, 0.05) is 32.8 Å². The van der Waals surface area contributed by atoms with Crippen LogP contribution in [0.1, 0.15) is 35.1 Å². The molecule has 0 atom stereocenters. The summed E-state index contributed by atoms with van der Waals surface area (Å²) >= 11 is 0. The maximum Gasteiger partial charge on any atom is 0.191 e. The van der Waals surface area contributed by atoms with Crippen LogP contribution in [0, 0.1) is 12.8 Å². The van der Waals surface area contributed by atoms with Gasteiger partial charge in [0.15, 0.2) is 5.96 Å². The predicted molar refractivity (Wildman–Crippen MR) is 129 cm³/mol. The van der Waals surface area contributed by atoms with E-state index in [4.69, 9.17) is 9.47 Å². The van der Waals surface area contributed by atoms with Gasteiger partial charge in [-0.05, 0) is 48.4 Å². The molecule has 0 heterocycles. The fraction of sp³-hybridized carbons (Fsp3) is 0.435. The fourth-order valence-corrected chi connectivity index (χ4v) is 3.02. The lowest BCUT2D eigenvalue weighted by atomic mass is 10.1. The van der Waals surface area contributed by atoms with E-state index in [1.165, 1.54) is 29.5 Å². The van der Waals surface area contributed by atoms with E-state index in [1.807, 2.05) is 0 Å². The number of guanidine groups is 1. The highest BCUT2D eigenvalue weighted by Gasteiger charge is 2.22. The van der Waals surface area contributed by atoms with Crippen molar-refractivity contribution in [2.75, 3.05) is 20.8 Å². The lowest BCUT2D eigenvalue weighted by Crippen LogP contribution is -2.36. The van der Waals surface area contributed by atoms with Crippen LogP contribution in [0.4, 0.5) is 0 Å². The lowest BCUT2D eigenvalue weighted by molar-refractivity contribution is 0.185. The zero-order valence-electron chi connectivity index (χ0n) is 17.5. The van der Waals surface area contributed by atoms with Crippen LogP contribution in [-0.4, -0.2) is 26.7 Å². The second kappa shape index (κ2) is 12.0. The first kappa shape index (κ1) is 23.5. The molecule has 2 N–H and O–H groups in total. The Morgan fingerprint density at radius 1 is 1.07 bits per heavy atom. The molecule has 0 unspecified atom stereocenters. The fourth-order valence-electron chi connectivity index (χ4n) is 3.02. The molecule has 2 aromatic rings. The van der Waals surface area contributed by atoms with E-state index >= 15 is 0 Å². The van der Waals surface area contributed by atoms with E-state index < -0.39 is 0 Å². The predicted octanol–water partition coefficient (Wildman–Crippen LogP) is 4.41. The van der Waals surface area contributed by atoms with Gasteiger partial charge in [-0.1, -0.05) is 36.4 Å². The zero-order valence-corrected chi connectivity index (χ0v) is 19.9. The van der Waals surface area contributed by atoms with E-state index in [0.717, 1.165) is 29.8 Å². The third-order valence-electron chi connectivity index (χ3n) is 4.83. The summed E-state index contributed by atoms with van der Waals surface area (Å²) in [7, 11) is 3.50. The van der Waals surface area contributed by atoms with Gasteiger partial charge in [0.2, 0.25) is 0 Å². The van der Waals surface area contributed by atoms with Crippen molar-refractivity contribution in [3.63, 3.8) is 0 Å². The first-order valence-corrected chi connectivity index (χ1v) is 9.91. The number of aliphatic imine (C=N–C) groups is 1.